The van der Waals surface area contributed by atoms with E-state index in [1.165, 1.54) is 27.5 Å². The molecule has 1 amide bonds. The van der Waals surface area contributed by atoms with E-state index < -0.39 is 0 Å². The van der Waals surface area contributed by atoms with Crippen molar-refractivity contribution in [1.82, 2.24) is 0 Å². The van der Waals surface area contributed by atoms with E-state index in [2.05, 4.69) is 41.0 Å². The first-order valence-corrected chi connectivity index (χ1v) is 8.34. The molecule has 120 valence electrons. The number of nitrogens with one attached hydrogen (secondary N) is 2. The topological polar surface area (TPSA) is 41.1 Å². The standard InChI is InChI=1S/C21H20N2O/c1-14-5-10-17(11-6-14)23-20(24)13-22-19-12-9-16-8-7-15-3-2-4-18(19)21(15)16/h2-6,9-12,22H,7-8,13H2,1H3,(H,23,24). The fourth-order valence-corrected chi connectivity index (χ4v) is 3.42. The Morgan fingerprint density at radius 3 is 2.50 bits per heavy atom. The van der Waals surface area contributed by atoms with E-state index >= 15 is 0 Å². The first-order chi connectivity index (χ1) is 11.7. The molecule has 3 aromatic carbocycles. The van der Waals surface area contributed by atoms with Crippen molar-refractivity contribution in [2.24, 2.45) is 0 Å². The maximum Gasteiger partial charge on any atom is 0.243 e. The molecule has 0 fully saturated rings. The summed E-state index contributed by atoms with van der Waals surface area (Å²) in [7, 11) is 0. The van der Waals surface area contributed by atoms with E-state index in [0.717, 1.165) is 24.2 Å². The lowest BCUT2D eigenvalue weighted by atomic mass is 10.0. The summed E-state index contributed by atoms with van der Waals surface area (Å²) >= 11 is 0. The molecule has 0 aromatic heterocycles. The summed E-state index contributed by atoms with van der Waals surface area (Å²) in [6.45, 7) is 2.29. The van der Waals surface area contributed by atoms with E-state index in [0.29, 0.717) is 0 Å². The molecule has 1 aliphatic rings. The third-order valence-electron chi connectivity index (χ3n) is 4.65. The van der Waals surface area contributed by atoms with Gasteiger partial charge in [-0.05, 0) is 54.5 Å². The molecule has 0 bridgehead atoms. The zero-order valence-corrected chi connectivity index (χ0v) is 13.7. The van der Waals surface area contributed by atoms with Gasteiger partial charge in [-0.3, -0.25) is 4.79 Å². The lowest BCUT2D eigenvalue weighted by Crippen LogP contribution is -2.21. The van der Waals surface area contributed by atoms with Crippen LogP contribution in [0.5, 0.6) is 0 Å². The van der Waals surface area contributed by atoms with Gasteiger partial charge in [0.15, 0.2) is 0 Å². The van der Waals surface area contributed by atoms with Gasteiger partial charge >= 0.3 is 0 Å². The first-order valence-electron chi connectivity index (χ1n) is 8.34. The highest BCUT2D eigenvalue weighted by Crippen LogP contribution is 2.34. The van der Waals surface area contributed by atoms with Gasteiger partial charge in [-0.2, -0.15) is 0 Å². The summed E-state index contributed by atoms with van der Waals surface area (Å²) in [6, 6.07) is 18.5. The molecule has 0 heterocycles. The largest absolute Gasteiger partial charge is 0.376 e. The van der Waals surface area contributed by atoms with E-state index in [9.17, 15) is 4.79 Å². The minimum Gasteiger partial charge on any atom is -0.376 e. The Labute approximate surface area is 141 Å². The van der Waals surface area contributed by atoms with E-state index in [-0.39, 0.29) is 12.5 Å². The Morgan fingerprint density at radius 1 is 0.958 bits per heavy atom. The minimum absolute atomic E-state index is 0.0397. The van der Waals surface area contributed by atoms with E-state index in [1.807, 2.05) is 31.2 Å². The van der Waals surface area contributed by atoms with Crippen LogP contribution in [0.4, 0.5) is 11.4 Å². The highest BCUT2D eigenvalue weighted by molar-refractivity contribution is 6.01. The first kappa shape index (κ1) is 14.8. The Morgan fingerprint density at radius 2 is 1.71 bits per heavy atom. The zero-order valence-electron chi connectivity index (χ0n) is 13.7. The summed E-state index contributed by atoms with van der Waals surface area (Å²) in [5.41, 5.74) is 5.86. The van der Waals surface area contributed by atoms with Gasteiger partial charge in [-0.15, -0.1) is 0 Å². The van der Waals surface area contributed by atoms with Crippen LogP contribution in [0.25, 0.3) is 10.8 Å². The van der Waals surface area contributed by atoms with Gasteiger partial charge in [0.2, 0.25) is 5.91 Å². The highest BCUT2D eigenvalue weighted by Gasteiger charge is 2.15. The summed E-state index contributed by atoms with van der Waals surface area (Å²) in [5, 5.41) is 8.79. The van der Waals surface area contributed by atoms with Crippen LogP contribution < -0.4 is 10.6 Å². The number of hydrogen-bond acceptors (Lipinski definition) is 2. The lowest BCUT2D eigenvalue weighted by molar-refractivity contribution is -0.114. The van der Waals surface area contributed by atoms with Gasteiger partial charge in [-0.25, -0.2) is 0 Å². The number of amides is 1. The van der Waals surface area contributed by atoms with Crippen LogP contribution in [0.1, 0.15) is 16.7 Å². The van der Waals surface area contributed by atoms with Gasteiger partial charge in [0.1, 0.15) is 0 Å². The summed E-state index contributed by atoms with van der Waals surface area (Å²) in [6.07, 6.45) is 2.23. The second kappa shape index (κ2) is 6.00. The second-order valence-corrected chi connectivity index (χ2v) is 6.38. The normalized spacial score (nSPS) is 12.4. The molecule has 3 aromatic rings. The van der Waals surface area contributed by atoms with E-state index in [4.69, 9.17) is 0 Å². The van der Waals surface area contributed by atoms with Crippen molar-refractivity contribution in [2.75, 3.05) is 17.2 Å². The average Bonchev–Trinajstić information content (AvgIpc) is 3.01. The number of hydrogen-bond donors (Lipinski definition) is 2. The molecule has 1 aliphatic carbocycles. The molecule has 0 aliphatic heterocycles. The minimum atomic E-state index is -0.0397. The van der Waals surface area contributed by atoms with Crippen molar-refractivity contribution in [1.29, 1.82) is 0 Å². The molecule has 0 saturated carbocycles. The predicted molar refractivity (Wildman–Crippen MR) is 99.7 cm³/mol. The number of rotatable bonds is 4. The van der Waals surface area contributed by atoms with Crippen molar-refractivity contribution >= 4 is 28.1 Å². The van der Waals surface area contributed by atoms with Gasteiger partial charge in [0, 0.05) is 16.8 Å². The van der Waals surface area contributed by atoms with Crippen LogP contribution in [-0.4, -0.2) is 12.5 Å². The van der Waals surface area contributed by atoms with Crippen molar-refractivity contribution in [3.05, 3.63) is 71.3 Å². The van der Waals surface area contributed by atoms with Crippen molar-refractivity contribution in [2.45, 2.75) is 19.8 Å². The number of carbonyl (C=O) groups excluding carboxylic acids is 1. The van der Waals surface area contributed by atoms with Crippen LogP contribution >= 0.6 is 0 Å². The number of anilines is 2. The van der Waals surface area contributed by atoms with Crippen LogP contribution in [-0.2, 0) is 17.6 Å². The monoisotopic (exact) mass is 316 g/mol. The molecule has 0 atom stereocenters. The van der Waals surface area contributed by atoms with Crippen LogP contribution in [0, 0.1) is 6.92 Å². The SMILES string of the molecule is Cc1ccc(NC(=O)CNc2ccc3c4c(cccc24)CC3)cc1. The summed E-state index contributed by atoms with van der Waals surface area (Å²) in [4.78, 5) is 12.2. The fourth-order valence-electron chi connectivity index (χ4n) is 3.42. The molecular formula is C21H20N2O. The molecule has 3 heteroatoms. The van der Waals surface area contributed by atoms with Crippen LogP contribution in [0.3, 0.4) is 0 Å². The van der Waals surface area contributed by atoms with Crippen molar-refractivity contribution in [3.8, 4) is 0 Å². The van der Waals surface area contributed by atoms with Gasteiger partial charge in [-0.1, -0.05) is 42.0 Å². The third-order valence-corrected chi connectivity index (χ3v) is 4.65. The fraction of sp³-hybridized carbons (Fsp3) is 0.190. The number of benzene rings is 3. The number of carbonyl (C=O) groups is 1. The third kappa shape index (κ3) is 2.73. The molecule has 3 nitrogen and oxygen atoms in total. The van der Waals surface area contributed by atoms with Crippen molar-refractivity contribution in [3.63, 3.8) is 0 Å². The molecule has 2 N–H and O–H groups in total. The smallest absolute Gasteiger partial charge is 0.243 e. The zero-order chi connectivity index (χ0) is 16.5. The Balaban J connectivity index is 1.49. The molecular weight excluding hydrogens is 296 g/mol. The maximum absolute atomic E-state index is 12.2. The second-order valence-electron chi connectivity index (χ2n) is 6.38. The summed E-state index contributed by atoms with van der Waals surface area (Å²) in [5.74, 6) is -0.0397. The average molecular weight is 316 g/mol. The van der Waals surface area contributed by atoms with Gasteiger partial charge < -0.3 is 10.6 Å². The molecule has 0 spiro atoms. The molecule has 0 radical (unpaired) electrons. The van der Waals surface area contributed by atoms with E-state index in [1.54, 1.807) is 0 Å². The van der Waals surface area contributed by atoms with Crippen LogP contribution in [0.2, 0.25) is 0 Å². The highest BCUT2D eigenvalue weighted by atomic mass is 16.1. The molecule has 4 rings (SSSR count). The Kier molecular flexibility index (Phi) is 3.69. The van der Waals surface area contributed by atoms with Gasteiger partial charge in [0.05, 0.1) is 6.54 Å². The molecule has 24 heavy (non-hydrogen) atoms. The van der Waals surface area contributed by atoms with Crippen LogP contribution in [0.15, 0.2) is 54.6 Å². The lowest BCUT2D eigenvalue weighted by Gasteiger charge is -2.12. The Hall–Kier alpha value is -2.81. The van der Waals surface area contributed by atoms with Crippen molar-refractivity contribution < 1.29 is 4.79 Å². The number of aryl methyl sites for hydroxylation is 3. The maximum atomic E-state index is 12.2. The molecule has 0 unspecified atom stereocenters. The quantitative estimate of drug-likeness (QED) is 0.753. The predicted octanol–water partition coefficient (Wildman–Crippen LogP) is 4.30. The molecule has 0 saturated heterocycles. The Bertz CT molecular complexity index is 903. The summed E-state index contributed by atoms with van der Waals surface area (Å²) < 4.78 is 0. The van der Waals surface area contributed by atoms with Gasteiger partial charge in [0.25, 0.3) is 0 Å².